The zero-order valence-electron chi connectivity index (χ0n) is 15.8. The standard InChI is InChI=1S/C20H17Cl2FN4O3/c1-29-17-8-11(4-6-25-17)20(28)27-12-9-16(19(24)26-10-12)30-7-5-13-14(21)2-3-15(23)18(13)22/h2-4,6,8-10H,5,7H2,1H3,(H2,24,26)(H,27,28). The number of hydrogen-bond donors (Lipinski definition) is 2. The number of nitrogens with one attached hydrogen (secondary N) is 1. The van der Waals surface area contributed by atoms with E-state index in [1.807, 2.05) is 0 Å². The molecule has 156 valence electrons. The van der Waals surface area contributed by atoms with Gasteiger partial charge in [-0.15, -0.1) is 0 Å². The Bertz CT molecular complexity index is 1080. The van der Waals surface area contributed by atoms with Crippen LogP contribution in [0.3, 0.4) is 0 Å². The zero-order valence-corrected chi connectivity index (χ0v) is 17.3. The number of carbonyl (C=O) groups excluding carboxylic acids is 1. The van der Waals surface area contributed by atoms with Gasteiger partial charge >= 0.3 is 0 Å². The number of anilines is 2. The quantitative estimate of drug-likeness (QED) is 0.517. The SMILES string of the molecule is COc1cc(C(=O)Nc2cnc(N)c(OCCc3c(Cl)ccc(F)c3Cl)c2)ccn1. The fourth-order valence-electron chi connectivity index (χ4n) is 2.57. The second kappa shape index (κ2) is 9.60. The lowest BCUT2D eigenvalue weighted by Gasteiger charge is -2.12. The molecule has 30 heavy (non-hydrogen) atoms. The number of rotatable bonds is 7. The number of carbonyl (C=O) groups is 1. The van der Waals surface area contributed by atoms with Crippen molar-refractivity contribution in [3.05, 3.63) is 69.7 Å². The Morgan fingerprint density at radius 2 is 2.03 bits per heavy atom. The predicted molar refractivity (Wildman–Crippen MR) is 113 cm³/mol. The summed E-state index contributed by atoms with van der Waals surface area (Å²) in [4.78, 5) is 20.4. The van der Waals surface area contributed by atoms with E-state index in [1.54, 1.807) is 6.07 Å². The highest BCUT2D eigenvalue weighted by molar-refractivity contribution is 6.36. The van der Waals surface area contributed by atoms with Crippen LogP contribution >= 0.6 is 23.2 Å². The molecule has 0 aliphatic heterocycles. The van der Waals surface area contributed by atoms with Crippen LogP contribution in [0.5, 0.6) is 11.6 Å². The van der Waals surface area contributed by atoms with Gasteiger partial charge in [0.2, 0.25) is 5.88 Å². The summed E-state index contributed by atoms with van der Waals surface area (Å²) in [6.45, 7) is 0.119. The third-order valence-electron chi connectivity index (χ3n) is 4.09. The molecular formula is C20H17Cl2FN4O3. The molecule has 3 rings (SSSR count). The van der Waals surface area contributed by atoms with E-state index in [0.717, 1.165) is 0 Å². The van der Waals surface area contributed by atoms with Crippen LogP contribution in [0, 0.1) is 5.82 Å². The van der Waals surface area contributed by atoms with E-state index in [4.69, 9.17) is 38.4 Å². The highest BCUT2D eigenvalue weighted by Crippen LogP contribution is 2.29. The lowest BCUT2D eigenvalue weighted by Crippen LogP contribution is -2.13. The normalized spacial score (nSPS) is 10.5. The molecule has 3 aromatic rings. The van der Waals surface area contributed by atoms with Crippen LogP contribution in [0.25, 0.3) is 0 Å². The van der Waals surface area contributed by atoms with Gasteiger partial charge in [-0.1, -0.05) is 23.2 Å². The maximum Gasteiger partial charge on any atom is 0.255 e. The van der Waals surface area contributed by atoms with Crippen LogP contribution in [0.4, 0.5) is 15.9 Å². The molecule has 0 bridgehead atoms. The molecule has 0 aliphatic carbocycles. The van der Waals surface area contributed by atoms with Gasteiger partial charge in [-0.2, -0.15) is 0 Å². The smallest absolute Gasteiger partial charge is 0.255 e. The molecule has 0 atom stereocenters. The minimum atomic E-state index is -0.560. The van der Waals surface area contributed by atoms with Crippen molar-refractivity contribution in [3.63, 3.8) is 0 Å². The van der Waals surface area contributed by atoms with Crippen LogP contribution in [0.2, 0.25) is 10.0 Å². The molecule has 2 heterocycles. The number of ether oxygens (including phenoxy) is 2. The second-order valence-corrected chi connectivity index (χ2v) is 6.85. The topological polar surface area (TPSA) is 99.4 Å². The summed E-state index contributed by atoms with van der Waals surface area (Å²) >= 11 is 12.0. The molecule has 0 fully saturated rings. The fraction of sp³-hybridized carbons (Fsp3) is 0.150. The number of benzene rings is 1. The number of amides is 1. The first-order valence-corrected chi connectivity index (χ1v) is 9.46. The van der Waals surface area contributed by atoms with E-state index in [0.29, 0.717) is 27.7 Å². The molecule has 10 heteroatoms. The molecule has 0 spiro atoms. The summed E-state index contributed by atoms with van der Waals surface area (Å²) in [6.07, 6.45) is 3.12. The third kappa shape index (κ3) is 5.08. The molecule has 0 radical (unpaired) electrons. The Labute approximate surface area is 181 Å². The van der Waals surface area contributed by atoms with E-state index in [1.165, 1.54) is 43.8 Å². The van der Waals surface area contributed by atoms with Crippen LogP contribution in [-0.4, -0.2) is 29.6 Å². The molecule has 0 saturated heterocycles. The molecule has 0 saturated carbocycles. The van der Waals surface area contributed by atoms with Gasteiger partial charge < -0.3 is 20.5 Å². The summed E-state index contributed by atoms with van der Waals surface area (Å²) in [7, 11) is 1.46. The molecule has 3 N–H and O–H groups in total. The van der Waals surface area contributed by atoms with Gasteiger partial charge in [0.1, 0.15) is 5.82 Å². The summed E-state index contributed by atoms with van der Waals surface area (Å²) in [5.41, 5.74) is 7.01. The van der Waals surface area contributed by atoms with E-state index >= 15 is 0 Å². The van der Waals surface area contributed by atoms with E-state index in [9.17, 15) is 9.18 Å². The highest BCUT2D eigenvalue weighted by atomic mass is 35.5. The van der Waals surface area contributed by atoms with Gasteiger partial charge in [0, 0.05) is 35.3 Å². The summed E-state index contributed by atoms with van der Waals surface area (Å²) in [5.74, 6) is -0.239. The molecule has 0 unspecified atom stereocenters. The van der Waals surface area contributed by atoms with Crippen molar-refractivity contribution in [3.8, 4) is 11.6 Å². The van der Waals surface area contributed by atoms with Crippen molar-refractivity contribution < 1.29 is 18.7 Å². The highest BCUT2D eigenvalue weighted by Gasteiger charge is 2.13. The van der Waals surface area contributed by atoms with E-state index in [-0.39, 0.29) is 35.5 Å². The summed E-state index contributed by atoms with van der Waals surface area (Å²) in [6, 6.07) is 7.21. The first-order valence-electron chi connectivity index (χ1n) is 8.71. The lowest BCUT2D eigenvalue weighted by molar-refractivity contribution is 0.102. The number of methoxy groups -OCH3 is 1. The molecule has 1 amide bonds. The van der Waals surface area contributed by atoms with Gasteiger partial charge in [-0.25, -0.2) is 14.4 Å². The van der Waals surface area contributed by atoms with E-state index in [2.05, 4.69) is 15.3 Å². The van der Waals surface area contributed by atoms with Crippen molar-refractivity contribution in [2.24, 2.45) is 0 Å². The van der Waals surface area contributed by atoms with Gasteiger partial charge in [0.15, 0.2) is 11.6 Å². The van der Waals surface area contributed by atoms with Crippen LogP contribution in [-0.2, 0) is 6.42 Å². The first-order chi connectivity index (χ1) is 14.4. The van der Waals surface area contributed by atoms with Crippen molar-refractivity contribution in [1.29, 1.82) is 0 Å². The van der Waals surface area contributed by atoms with Gasteiger partial charge in [0.05, 0.1) is 30.6 Å². The monoisotopic (exact) mass is 450 g/mol. The Hall–Kier alpha value is -3.10. The van der Waals surface area contributed by atoms with Crippen LogP contribution in [0.15, 0.2) is 42.7 Å². The Morgan fingerprint density at radius 3 is 2.80 bits per heavy atom. The maximum atomic E-state index is 13.6. The number of halogens is 3. The maximum absolute atomic E-state index is 13.6. The van der Waals surface area contributed by atoms with Crippen molar-refractivity contribution in [2.75, 3.05) is 24.8 Å². The average Bonchev–Trinajstić information content (AvgIpc) is 2.75. The van der Waals surface area contributed by atoms with Crippen LogP contribution < -0.4 is 20.5 Å². The first kappa shape index (κ1) is 21.6. The lowest BCUT2D eigenvalue weighted by atomic mass is 10.1. The molecule has 1 aromatic carbocycles. The van der Waals surface area contributed by atoms with Crippen molar-refractivity contribution >= 4 is 40.6 Å². The Morgan fingerprint density at radius 1 is 1.23 bits per heavy atom. The number of aromatic nitrogens is 2. The number of pyridine rings is 2. The largest absolute Gasteiger partial charge is 0.489 e. The fourth-order valence-corrected chi connectivity index (χ4v) is 3.13. The summed E-state index contributed by atoms with van der Waals surface area (Å²) < 4.78 is 24.3. The van der Waals surface area contributed by atoms with E-state index < -0.39 is 5.82 Å². The predicted octanol–water partition coefficient (Wildman–Crippen LogP) is 4.39. The third-order valence-corrected chi connectivity index (χ3v) is 4.86. The Balaban J connectivity index is 1.68. The number of nitrogens with two attached hydrogens (primary N) is 1. The minimum Gasteiger partial charge on any atom is -0.489 e. The molecule has 7 nitrogen and oxygen atoms in total. The number of nitrogen functional groups attached to an aromatic ring is 1. The number of nitrogens with zero attached hydrogens (tertiary/aromatic N) is 2. The number of hydrogen-bond acceptors (Lipinski definition) is 6. The van der Waals surface area contributed by atoms with Gasteiger partial charge in [0.25, 0.3) is 5.91 Å². The second-order valence-electron chi connectivity index (χ2n) is 6.07. The zero-order chi connectivity index (χ0) is 21.7. The van der Waals surface area contributed by atoms with Crippen molar-refractivity contribution in [1.82, 2.24) is 9.97 Å². The van der Waals surface area contributed by atoms with Crippen molar-refractivity contribution in [2.45, 2.75) is 6.42 Å². The average molecular weight is 451 g/mol. The molecule has 2 aromatic heterocycles. The molecule has 0 aliphatic rings. The molecular weight excluding hydrogens is 434 g/mol. The minimum absolute atomic E-state index is 0.0500. The van der Waals surface area contributed by atoms with Gasteiger partial charge in [-0.3, -0.25) is 4.79 Å². The Kier molecular flexibility index (Phi) is 6.91. The summed E-state index contributed by atoms with van der Waals surface area (Å²) in [5, 5.41) is 2.99. The van der Waals surface area contributed by atoms with Gasteiger partial charge in [-0.05, 0) is 23.8 Å². The van der Waals surface area contributed by atoms with Crippen LogP contribution in [0.1, 0.15) is 15.9 Å².